The van der Waals surface area contributed by atoms with Gasteiger partial charge in [-0.25, -0.2) is 0 Å². The molecule has 0 fully saturated rings. The van der Waals surface area contributed by atoms with Crippen LogP contribution in [0.5, 0.6) is 0 Å². The van der Waals surface area contributed by atoms with Gasteiger partial charge in [-0.05, 0) is 25.1 Å². The van der Waals surface area contributed by atoms with Crippen molar-refractivity contribution in [2.75, 3.05) is 29.9 Å². The molecule has 0 radical (unpaired) electrons. The highest BCUT2D eigenvalue weighted by Gasteiger charge is 2.17. The number of hydrogen-bond donors (Lipinski definition) is 2. The van der Waals surface area contributed by atoms with Gasteiger partial charge in [-0.1, -0.05) is 15.9 Å². The van der Waals surface area contributed by atoms with Gasteiger partial charge in [-0.3, -0.25) is 0 Å². The molecule has 2 N–H and O–H groups in total. The van der Waals surface area contributed by atoms with Gasteiger partial charge in [0.2, 0.25) is 0 Å². The minimum Gasteiger partial charge on any atom is -0.392 e. The van der Waals surface area contributed by atoms with E-state index in [9.17, 15) is 5.11 Å². The van der Waals surface area contributed by atoms with Gasteiger partial charge in [0.1, 0.15) is 0 Å². The molecule has 4 heteroatoms. The van der Waals surface area contributed by atoms with Gasteiger partial charge in [-0.15, -0.1) is 0 Å². The van der Waals surface area contributed by atoms with E-state index >= 15 is 0 Å². The summed E-state index contributed by atoms with van der Waals surface area (Å²) in [6.45, 7) is 4.38. The smallest absolute Gasteiger partial charge is 0.0687 e. The highest BCUT2D eigenvalue weighted by Crippen LogP contribution is 2.31. The predicted octanol–water partition coefficient (Wildman–Crippen LogP) is 2.06. The molecular formula is C11H15BrN2O. The molecule has 0 aromatic heterocycles. The molecule has 1 aliphatic heterocycles. The normalized spacial score (nSPS) is 16.9. The number of β-amino-alcohol motifs (C(OH)–C–C–N with tert-alkyl or cyclic N) is 1. The maximum Gasteiger partial charge on any atom is 0.0687 e. The van der Waals surface area contributed by atoms with Crippen molar-refractivity contribution in [3.05, 3.63) is 22.7 Å². The third-order valence-corrected chi connectivity index (χ3v) is 2.97. The van der Waals surface area contributed by atoms with Crippen molar-refractivity contribution in [2.45, 2.75) is 13.0 Å². The lowest BCUT2D eigenvalue weighted by atomic mass is 10.2. The van der Waals surface area contributed by atoms with Crippen LogP contribution in [-0.4, -0.2) is 30.8 Å². The van der Waals surface area contributed by atoms with Gasteiger partial charge in [-0.2, -0.15) is 0 Å². The van der Waals surface area contributed by atoms with E-state index in [0.29, 0.717) is 6.54 Å². The summed E-state index contributed by atoms with van der Waals surface area (Å²) in [4.78, 5) is 2.21. The second-order valence-electron chi connectivity index (χ2n) is 3.88. The summed E-state index contributed by atoms with van der Waals surface area (Å²) in [5, 5.41) is 12.8. The number of fused-ring (bicyclic) bond motifs is 1. The first-order chi connectivity index (χ1) is 7.16. The fourth-order valence-electron chi connectivity index (χ4n) is 1.88. The number of halogens is 1. The second kappa shape index (κ2) is 4.41. The van der Waals surface area contributed by atoms with E-state index in [-0.39, 0.29) is 6.10 Å². The van der Waals surface area contributed by atoms with Crippen molar-refractivity contribution in [1.82, 2.24) is 0 Å². The maximum absolute atomic E-state index is 9.41. The van der Waals surface area contributed by atoms with Crippen LogP contribution in [0.1, 0.15) is 6.92 Å². The summed E-state index contributed by atoms with van der Waals surface area (Å²) in [5.74, 6) is 0. The molecule has 0 saturated heterocycles. The number of aliphatic hydroxyl groups excluding tert-OH is 1. The molecule has 1 aromatic carbocycles. The van der Waals surface area contributed by atoms with Crippen LogP contribution in [0.3, 0.4) is 0 Å². The van der Waals surface area contributed by atoms with Crippen LogP contribution in [0.2, 0.25) is 0 Å². The molecule has 0 aliphatic carbocycles. The van der Waals surface area contributed by atoms with E-state index < -0.39 is 0 Å². The van der Waals surface area contributed by atoms with Crippen LogP contribution >= 0.6 is 15.9 Å². The molecule has 15 heavy (non-hydrogen) atoms. The molecule has 0 amide bonds. The summed E-state index contributed by atoms with van der Waals surface area (Å²) < 4.78 is 1.08. The van der Waals surface area contributed by atoms with Crippen LogP contribution in [0.15, 0.2) is 22.7 Å². The van der Waals surface area contributed by atoms with Crippen molar-refractivity contribution in [3.63, 3.8) is 0 Å². The van der Waals surface area contributed by atoms with Gasteiger partial charge < -0.3 is 15.3 Å². The Kier molecular flexibility index (Phi) is 3.17. The quantitative estimate of drug-likeness (QED) is 0.864. The number of rotatable bonds is 2. The zero-order valence-electron chi connectivity index (χ0n) is 8.70. The van der Waals surface area contributed by atoms with Crippen LogP contribution in [-0.2, 0) is 0 Å². The number of nitrogens with zero attached hydrogens (tertiary/aromatic N) is 1. The lowest BCUT2D eigenvalue weighted by Gasteiger charge is -2.33. The van der Waals surface area contributed by atoms with Gasteiger partial charge in [0.05, 0.1) is 17.5 Å². The third-order valence-electron chi connectivity index (χ3n) is 2.48. The van der Waals surface area contributed by atoms with Crippen molar-refractivity contribution < 1.29 is 5.11 Å². The molecule has 1 unspecified atom stereocenters. The van der Waals surface area contributed by atoms with E-state index in [2.05, 4.69) is 38.3 Å². The maximum atomic E-state index is 9.41. The summed E-state index contributed by atoms with van der Waals surface area (Å²) >= 11 is 3.45. The molecule has 1 atom stereocenters. The van der Waals surface area contributed by atoms with Crippen LogP contribution in [0, 0.1) is 0 Å². The molecule has 3 nitrogen and oxygen atoms in total. The Balaban J connectivity index is 2.26. The minimum atomic E-state index is -0.292. The number of aliphatic hydroxyl groups is 1. The highest BCUT2D eigenvalue weighted by molar-refractivity contribution is 9.10. The summed E-state index contributed by atoms with van der Waals surface area (Å²) in [5.41, 5.74) is 2.31. The van der Waals surface area contributed by atoms with E-state index in [1.165, 1.54) is 5.69 Å². The molecule has 0 bridgehead atoms. The summed E-state index contributed by atoms with van der Waals surface area (Å²) in [6.07, 6.45) is -0.292. The molecule has 1 aromatic rings. The van der Waals surface area contributed by atoms with Gasteiger partial charge in [0, 0.05) is 24.1 Å². The number of hydrogen-bond acceptors (Lipinski definition) is 3. The van der Waals surface area contributed by atoms with E-state index in [1.807, 2.05) is 13.0 Å². The van der Waals surface area contributed by atoms with Crippen LogP contribution in [0.25, 0.3) is 0 Å². The first-order valence-corrected chi connectivity index (χ1v) is 5.92. The van der Waals surface area contributed by atoms with Crippen molar-refractivity contribution >= 4 is 27.3 Å². The third kappa shape index (κ3) is 2.44. The van der Waals surface area contributed by atoms with E-state index in [1.54, 1.807) is 0 Å². The van der Waals surface area contributed by atoms with Crippen LogP contribution < -0.4 is 10.2 Å². The molecule has 2 rings (SSSR count). The standard InChI is InChI=1S/C11H15BrN2O/c1-8(15)7-14-5-4-13-10-6-9(12)2-3-11(10)14/h2-3,6,8,13,15H,4-5,7H2,1H3. The van der Waals surface area contributed by atoms with Crippen molar-refractivity contribution in [3.8, 4) is 0 Å². The largest absolute Gasteiger partial charge is 0.392 e. The SMILES string of the molecule is CC(O)CN1CCNc2cc(Br)ccc21. The predicted molar refractivity (Wildman–Crippen MR) is 66.5 cm³/mol. The average molecular weight is 271 g/mol. The first kappa shape index (κ1) is 10.8. The van der Waals surface area contributed by atoms with Crippen molar-refractivity contribution in [2.24, 2.45) is 0 Å². The Morgan fingerprint density at radius 1 is 1.60 bits per heavy atom. The van der Waals surface area contributed by atoms with E-state index in [4.69, 9.17) is 0 Å². The fraction of sp³-hybridized carbons (Fsp3) is 0.455. The lowest BCUT2D eigenvalue weighted by Crippen LogP contribution is -2.38. The van der Waals surface area contributed by atoms with Crippen LogP contribution in [0.4, 0.5) is 11.4 Å². The second-order valence-corrected chi connectivity index (χ2v) is 4.80. The van der Waals surface area contributed by atoms with Gasteiger partial charge in [0.25, 0.3) is 0 Å². The van der Waals surface area contributed by atoms with Gasteiger partial charge >= 0.3 is 0 Å². The average Bonchev–Trinajstić information content (AvgIpc) is 2.16. The Morgan fingerprint density at radius 3 is 3.13 bits per heavy atom. The first-order valence-electron chi connectivity index (χ1n) is 5.13. The molecule has 0 saturated carbocycles. The lowest BCUT2D eigenvalue weighted by molar-refractivity contribution is 0.200. The molecule has 1 aliphatic rings. The summed E-state index contributed by atoms with van der Waals surface area (Å²) in [7, 11) is 0. The molecular weight excluding hydrogens is 256 g/mol. The Morgan fingerprint density at radius 2 is 2.40 bits per heavy atom. The number of nitrogens with one attached hydrogen (secondary N) is 1. The van der Waals surface area contributed by atoms with Crippen molar-refractivity contribution in [1.29, 1.82) is 0 Å². The number of benzene rings is 1. The van der Waals surface area contributed by atoms with E-state index in [0.717, 1.165) is 23.2 Å². The topological polar surface area (TPSA) is 35.5 Å². The molecule has 1 heterocycles. The van der Waals surface area contributed by atoms with Gasteiger partial charge in [0.15, 0.2) is 0 Å². The minimum absolute atomic E-state index is 0.292. The summed E-state index contributed by atoms with van der Waals surface area (Å²) in [6, 6.07) is 6.18. The Bertz CT molecular complexity index is 354. The Hall–Kier alpha value is -0.740. The molecule has 0 spiro atoms. The zero-order valence-corrected chi connectivity index (χ0v) is 10.3. The fourth-order valence-corrected chi connectivity index (χ4v) is 2.24. The molecule has 82 valence electrons. The number of anilines is 2. The Labute approximate surface area is 98.2 Å². The monoisotopic (exact) mass is 270 g/mol. The highest BCUT2D eigenvalue weighted by atomic mass is 79.9. The zero-order chi connectivity index (χ0) is 10.8.